The molecule has 10 heteroatoms. The average molecular weight is 498 g/mol. The quantitative estimate of drug-likeness (QED) is 0.365. The van der Waals surface area contributed by atoms with Crippen LogP contribution in [0, 0.1) is 10.1 Å². The number of aromatic hydroxyl groups is 1. The first-order valence-corrected chi connectivity index (χ1v) is 10.2. The van der Waals surface area contributed by atoms with Gasteiger partial charge in [-0.2, -0.15) is 0 Å². The van der Waals surface area contributed by atoms with Gasteiger partial charge in [0, 0.05) is 28.6 Å². The zero-order chi connectivity index (χ0) is 22.7. The van der Waals surface area contributed by atoms with Crippen LogP contribution >= 0.6 is 15.9 Å². The Morgan fingerprint density at radius 3 is 2.66 bits per heavy atom. The molecule has 0 spiro atoms. The molecule has 32 heavy (non-hydrogen) atoms. The molecule has 2 N–H and O–H groups in total. The summed E-state index contributed by atoms with van der Waals surface area (Å²) in [5.41, 5.74) is 1.38. The third-order valence-electron chi connectivity index (χ3n) is 4.56. The molecule has 1 aliphatic rings. The number of ether oxygens (including phenoxy) is 1. The van der Waals surface area contributed by atoms with Crippen LogP contribution in [0.15, 0.2) is 76.4 Å². The lowest BCUT2D eigenvalue weighted by Gasteiger charge is -2.12. The first kappa shape index (κ1) is 21.3. The molecule has 9 nitrogen and oxygen atoms in total. The van der Waals surface area contributed by atoms with Crippen LogP contribution in [0.2, 0.25) is 0 Å². The molecule has 1 aliphatic heterocycles. The van der Waals surface area contributed by atoms with Gasteiger partial charge >= 0.3 is 0 Å². The predicted octanol–water partition coefficient (Wildman–Crippen LogP) is 4.99. The number of nitrogens with zero attached hydrogens (tertiary/aromatic N) is 2. The van der Waals surface area contributed by atoms with Crippen LogP contribution in [0.1, 0.15) is 12.0 Å². The standard InChI is InChI=1S/C22H16BrN3O6/c23-14-3-1-2-13(8-14)20-12-21(32-25-20)22(28)24-15-9-16(26(29)30)11-19(10-15)31-18-6-4-17(27)5-7-18/h1-11,21,27H,12H2,(H,24,28)/t21-/m0/s1. The van der Waals surface area contributed by atoms with Gasteiger partial charge in [-0.1, -0.05) is 33.2 Å². The van der Waals surface area contributed by atoms with Crippen LogP contribution < -0.4 is 10.1 Å². The average Bonchev–Trinajstić information content (AvgIpc) is 3.26. The van der Waals surface area contributed by atoms with Gasteiger partial charge in [0.05, 0.1) is 22.4 Å². The second-order valence-electron chi connectivity index (χ2n) is 6.90. The summed E-state index contributed by atoms with van der Waals surface area (Å²) < 4.78 is 6.51. The van der Waals surface area contributed by atoms with E-state index in [1.165, 1.54) is 42.5 Å². The lowest BCUT2D eigenvalue weighted by Crippen LogP contribution is -2.28. The molecule has 3 aromatic carbocycles. The number of carbonyl (C=O) groups excluding carboxylic acids is 1. The van der Waals surface area contributed by atoms with Crippen molar-refractivity contribution in [3.8, 4) is 17.2 Å². The van der Waals surface area contributed by atoms with Crippen LogP contribution in [0.25, 0.3) is 0 Å². The second-order valence-corrected chi connectivity index (χ2v) is 7.82. The molecular weight excluding hydrogens is 482 g/mol. The number of rotatable bonds is 6. The van der Waals surface area contributed by atoms with E-state index in [-0.39, 0.29) is 29.3 Å². The van der Waals surface area contributed by atoms with Gasteiger partial charge in [0.2, 0.25) is 6.10 Å². The second kappa shape index (κ2) is 9.06. The Kier molecular flexibility index (Phi) is 6.04. The first-order chi connectivity index (χ1) is 15.4. The Morgan fingerprint density at radius 2 is 1.94 bits per heavy atom. The molecule has 1 amide bonds. The number of halogens is 1. The number of anilines is 1. The summed E-state index contributed by atoms with van der Waals surface area (Å²) >= 11 is 3.40. The summed E-state index contributed by atoms with van der Waals surface area (Å²) in [6.45, 7) is 0. The topological polar surface area (TPSA) is 123 Å². The van der Waals surface area contributed by atoms with Crippen molar-refractivity contribution in [2.75, 3.05) is 5.32 Å². The highest BCUT2D eigenvalue weighted by Crippen LogP contribution is 2.31. The molecule has 1 heterocycles. The first-order valence-electron chi connectivity index (χ1n) is 9.43. The molecule has 3 aromatic rings. The molecule has 0 fully saturated rings. The molecule has 0 saturated carbocycles. The number of hydrogen-bond donors (Lipinski definition) is 2. The summed E-state index contributed by atoms with van der Waals surface area (Å²) in [5, 5.41) is 27.3. The van der Waals surface area contributed by atoms with Gasteiger partial charge in [0.15, 0.2) is 0 Å². The van der Waals surface area contributed by atoms with Gasteiger partial charge < -0.3 is 20.0 Å². The number of carbonyl (C=O) groups is 1. The molecule has 0 aliphatic carbocycles. The van der Waals surface area contributed by atoms with Crippen molar-refractivity contribution in [2.45, 2.75) is 12.5 Å². The molecule has 0 aromatic heterocycles. The number of nitro groups is 1. The fraction of sp³-hybridized carbons (Fsp3) is 0.0909. The van der Waals surface area contributed by atoms with Crippen LogP contribution in [0.5, 0.6) is 17.2 Å². The van der Waals surface area contributed by atoms with Gasteiger partial charge in [-0.3, -0.25) is 14.9 Å². The maximum atomic E-state index is 12.7. The number of hydrogen-bond acceptors (Lipinski definition) is 7. The number of amides is 1. The SMILES string of the molecule is O=C(Nc1cc(Oc2ccc(O)cc2)cc([N+](=O)[O-])c1)[C@@H]1CC(c2cccc(Br)c2)=NO1. The van der Waals surface area contributed by atoms with E-state index in [0.29, 0.717) is 11.5 Å². The van der Waals surface area contributed by atoms with Crippen molar-refractivity contribution >= 4 is 38.9 Å². The van der Waals surface area contributed by atoms with Crippen molar-refractivity contribution in [3.63, 3.8) is 0 Å². The molecule has 1 atom stereocenters. The van der Waals surface area contributed by atoms with E-state index in [9.17, 15) is 20.0 Å². The number of nitrogens with one attached hydrogen (secondary N) is 1. The Morgan fingerprint density at radius 1 is 1.16 bits per heavy atom. The van der Waals surface area contributed by atoms with Crippen LogP contribution in [-0.2, 0) is 9.63 Å². The third kappa shape index (κ3) is 5.03. The maximum absolute atomic E-state index is 12.7. The summed E-state index contributed by atoms with van der Waals surface area (Å²) in [6.07, 6.45) is -0.613. The largest absolute Gasteiger partial charge is 0.508 e. The van der Waals surface area contributed by atoms with Gasteiger partial charge in [-0.25, -0.2) is 0 Å². The summed E-state index contributed by atoms with van der Waals surface area (Å²) in [5.74, 6) is 0.0885. The molecule has 0 unspecified atom stereocenters. The van der Waals surface area contributed by atoms with E-state index >= 15 is 0 Å². The molecular formula is C22H16BrN3O6. The summed E-state index contributed by atoms with van der Waals surface area (Å²) in [4.78, 5) is 28.7. The van der Waals surface area contributed by atoms with Crippen molar-refractivity contribution in [1.29, 1.82) is 0 Å². The maximum Gasteiger partial charge on any atom is 0.275 e. The van der Waals surface area contributed by atoms with E-state index in [1.54, 1.807) is 0 Å². The fourth-order valence-corrected chi connectivity index (χ4v) is 3.45. The fourth-order valence-electron chi connectivity index (χ4n) is 3.05. The Labute approximate surface area is 190 Å². The number of non-ortho nitro benzene ring substituents is 1. The number of benzene rings is 3. The molecule has 0 bridgehead atoms. The zero-order valence-electron chi connectivity index (χ0n) is 16.4. The number of phenolic OH excluding ortho intramolecular Hbond substituents is 1. The summed E-state index contributed by atoms with van der Waals surface area (Å²) in [6, 6.07) is 17.3. The Hall–Kier alpha value is -3.92. The van der Waals surface area contributed by atoms with Gasteiger partial charge in [0.1, 0.15) is 17.2 Å². The van der Waals surface area contributed by atoms with E-state index < -0.39 is 16.9 Å². The lowest BCUT2D eigenvalue weighted by molar-refractivity contribution is -0.384. The van der Waals surface area contributed by atoms with Crippen LogP contribution in [-0.4, -0.2) is 27.8 Å². The highest BCUT2D eigenvalue weighted by molar-refractivity contribution is 9.10. The zero-order valence-corrected chi connectivity index (χ0v) is 18.0. The number of nitro benzene ring substituents is 1. The third-order valence-corrected chi connectivity index (χ3v) is 5.05. The summed E-state index contributed by atoms with van der Waals surface area (Å²) in [7, 11) is 0. The Bertz CT molecular complexity index is 1210. The predicted molar refractivity (Wildman–Crippen MR) is 120 cm³/mol. The van der Waals surface area contributed by atoms with E-state index in [1.807, 2.05) is 24.3 Å². The minimum atomic E-state index is -0.871. The van der Waals surface area contributed by atoms with Crippen LogP contribution in [0.4, 0.5) is 11.4 Å². The van der Waals surface area contributed by atoms with Crippen molar-refractivity contribution in [3.05, 3.63) is 86.9 Å². The highest BCUT2D eigenvalue weighted by Gasteiger charge is 2.29. The molecule has 0 saturated heterocycles. The van der Waals surface area contributed by atoms with E-state index in [4.69, 9.17) is 9.57 Å². The minimum Gasteiger partial charge on any atom is -0.508 e. The van der Waals surface area contributed by atoms with E-state index in [0.717, 1.165) is 10.0 Å². The highest BCUT2D eigenvalue weighted by atomic mass is 79.9. The minimum absolute atomic E-state index is 0.0605. The number of oxime groups is 1. The van der Waals surface area contributed by atoms with Crippen LogP contribution in [0.3, 0.4) is 0 Å². The molecule has 4 rings (SSSR count). The lowest BCUT2D eigenvalue weighted by atomic mass is 10.0. The molecule has 0 radical (unpaired) electrons. The Balaban J connectivity index is 1.48. The van der Waals surface area contributed by atoms with Gasteiger partial charge in [-0.15, -0.1) is 0 Å². The van der Waals surface area contributed by atoms with E-state index in [2.05, 4.69) is 26.4 Å². The van der Waals surface area contributed by atoms with Gasteiger partial charge in [0.25, 0.3) is 11.6 Å². The van der Waals surface area contributed by atoms with Gasteiger partial charge in [-0.05, 0) is 36.4 Å². The normalized spacial score (nSPS) is 14.9. The number of phenols is 1. The van der Waals surface area contributed by atoms with Crippen molar-refractivity contribution < 1.29 is 24.4 Å². The van der Waals surface area contributed by atoms with Crippen molar-refractivity contribution in [2.24, 2.45) is 5.16 Å². The monoisotopic (exact) mass is 497 g/mol. The smallest absolute Gasteiger partial charge is 0.275 e. The van der Waals surface area contributed by atoms with Crippen molar-refractivity contribution in [1.82, 2.24) is 0 Å². The molecule has 162 valence electrons.